The summed E-state index contributed by atoms with van der Waals surface area (Å²) < 4.78 is 12.5. The van der Waals surface area contributed by atoms with Gasteiger partial charge in [-0.1, -0.05) is 36.3 Å². The number of nitrogens with one attached hydrogen (secondary N) is 1. The Labute approximate surface area is 232 Å². The molecule has 5 atom stereocenters. The second kappa shape index (κ2) is 11.3. The molecule has 1 saturated heterocycles. The smallest absolute Gasteiger partial charge is 0.348 e. The Morgan fingerprint density at radius 1 is 1.30 bits per heavy atom. The second-order valence-electron chi connectivity index (χ2n) is 9.23. The zero-order valence-electron chi connectivity index (χ0n) is 21.0. The number of carbonyl (C=O) groups is 2. The first-order valence-corrected chi connectivity index (χ1v) is 12.3. The van der Waals surface area contributed by atoms with Gasteiger partial charge in [0.1, 0.15) is 12.2 Å². The maximum Gasteiger partial charge on any atom is 0.348 e. The van der Waals surface area contributed by atoms with Crippen LogP contribution in [0.25, 0.3) is 11.2 Å². The molecular weight excluding hydrogens is 550 g/mol. The van der Waals surface area contributed by atoms with Gasteiger partial charge in [0.2, 0.25) is 5.28 Å². The number of aliphatic carboxylic acids is 2. The maximum atomic E-state index is 12.2. The van der Waals surface area contributed by atoms with Crippen LogP contribution in [0.2, 0.25) is 5.28 Å². The molecule has 1 fully saturated rings. The lowest BCUT2D eigenvalue weighted by Gasteiger charge is -2.30. The number of fused-ring (bicyclic) bond motifs is 1. The topological polar surface area (TPSA) is 209 Å². The number of benzene rings is 1. The molecule has 15 heteroatoms. The quantitative estimate of drug-likeness (QED) is 0.102. The molecule has 4 rings (SSSR count). The molecule has 0 saturated carbocycles. The van der Waals surface area contributed by atoms with E-state index in [1.54, 1.807) is 25.1 Å². The Morgan fingerprint density at radius 3 is 2.58 bits per heavy atom. The summed E-state index contributed by atoms with van der Waals surface area (Å²) in [5.41, 5.74) is -4.54. The van der Waals surface area contributed by atoms with E-state index in [0.717, 1.165) is 0 Å². The normalized spacial score (nSPS) is 23.6. The molecule has 0 spiro atoms. The molecule has 212 valence electrons. The number of carboxylic acid groups (broad SMARTS) is 2. The van der Waals surface area contributed by atoms with Crippen LogP contribution >= 0.6 is 11.6 Å². The molecule has 1 aromatic carbocycles. The highest BCUT2D eigenvalue weighted by atomic mass is 35.5. The van der Waals surface area contributed by atoms with Crippen molar-refractivity contribution in [2.24, 2.45) is 0 Å². The highest BCUT2D eigenvalue weighted by molar-refractivity contribution is 6.28. The van der Waals surface area contributed by atoms with Crippen molar-refractivity contribution in [3.8, 4) is 12.3 Å². The second-order valence-corrected chi connectivity index (χ2v) is 9.57. The number of anilines is 1. The van der Waals surface area contributed by atoms with E-state index in [1.807, 2.05) is 0 Å². The van der Waals surface area contributed by atoms with E-state index in [9.17, 15) is 35.1 Å². The van der Waals surface area contributed by atoms with Gasteiger partial charge in [-0.15, -0.1) is 6.42 Å². The number of carboxylic acids is 2. The number of rotatable bonds is 11. The van der Waals surface area contributed by atoms with E-state index in [2.05, 4.69) is 26.2 Å². The van der Waals surface area contributed by atoms with Crippen LogP contribution in [0.4, 0.5) is 5.82 Å². The minimum absolute atomic E-state index is 0.0760. The van der Waals surface area contributed by atoms with Crippen molar-refractivity contribution in [1.29, 1.82) is 0 Å². The summed E-state index contributed by atoms with van der Waals surface area (Å²) in [5, 5.41) is 54.0. The minimum Gasteiger partial charge on any atom is -0.479 e. The molecule has 0 radical (unpaired) electrons. The Hall–Kier alpha value is -3.84. The van der Waals surface area contributed by atoms with Crippen molar-refractivity contribution >= 4 is 40.5 Å². The van der Waals surface area contributed by atoms with E-state index >= 15 is 0 Å². The molecule has 0 amide bonds. The number of hydrogen-bond acceptors (Lipinski definition) is 11. The van der Waals surface area contributed by atoms with Gasteiger partial charge in [0.25, 0.3) is 5.60 Å². The molecule has 1 unspecified atom stereocenters. The molecule has 1 aliphatic rings. The monoisotopic (exact) mass is 575 g/mol. The largest absolute Gasteiger partial charge is 0.479 e. The summed E-state index contributed by atoms with van der Waals surface area (Å²) in [5.74, 6) is -1.33. The van der Waals surface area contributed by atoms with Crippen molar-refractivity contribution in [2.75, 3.05) is 18.5 Å². The Bertz CT molecular complexity index is 1430. The van der Waals surface area contributed by atoms with Crippen molar-refractivity contribution < 1.29 is 44.6 Å². The lowest BCUT2D eigenvalue weighted by atomic mass is 9.92. The van der Waals surface area contributed by atoms with Gasteiger partial charge in [-0.2, -0.15) is 9.97 Å². The van der Waals surface area contributed by atoms with Gasteiger partial charge < -0.3 is 40.3 Å². The number of aliphatic hydroxyl groups is 3. The van der Waals surface area contributed by atoms with Gasteiger partial charge >= 0.3 is 11.9 Å². The predicted molar refractivity (Wildman–Crippen MR) is 138 cm³/mol. The van der Waals surface area contributed by atoms with Crippen molar-refractivity contribution in [3.05, 3.63) is 47.5 Å². The summed E-state index contributed by atoms with van der Waals surface area (Å²) >= 11 is 6.08. The van der Waals surface area contributed by atoms with Crippen LogP contribution in [-0.2, 0) is 25.5 Å². The van der Waals surface area contributed by atoms with Gasteiger partial charge in [0.05, 0.1) is 19.5 Å². The number of halogens is 1. The third-order valence-corrected chi connectivity index (χ3v) is 6.71. The Balaban J connectivity index is 1.66. The van der Waals surface area contributed by atoms with Crippen LogP contribution in [0.5, 0.6) is 0 Å². The molecule has 1 aliphatic heterocycles. The molecule has 3 aromatic rings. The predicted octanol–water partition coefficient (Wildman–Crippen LogP) is 0.0623. The average molecular weight is 576 g/mol. The molecule has 14 nitrogen and oxygen atoms in total. The fourth-order valence-corrected chi connectivity index (χ4v) is 4.46. The summed E-state index contributed by atoms with van der Waals surface area (Å²) in [4.78, 5) is 36.8. The number of ether oxygens (including phenoxy) is 2. The Kier molecular flexibility index (Phi) is 8.26. The van der Waals surface area contributed by atoms with Crippen molar-refractivity contribution in [3.63, 3.8) is 0 Å². The summed E-state index contributed by atoms with van der Waals surface area (Å²) in [6.45, 7) is 0.652. The number of imidazole rings is 1. The molecular formula is C25H26ClN5O9. The van der Waals surface area contributed by atoms with E-state index in [0.29, 0.717) is 5.56 Å². The molecule has 3 heterocycles. The highest BCUT2D eigenvalue weighted by Crippen LogP contribution is 2.39. The third kappa shape index (κ3) is 5.18. The molecule has 0 bridgehead atoms. The van der Waals surface area contributed by atoms with Gasteiger partial charge in [0, 0.05) is 12.5 Å². The fourth-order valence-electron chi connectivity index (χ4n) is 4.29. The lowest BCUT2D eigenvalue weighted by Crippen LogP contribution is -2.55. The highest BCUT2D eigenvalue weighted by Gasteiger charge is 2.58. The van der Waals surface area contributed by atoms with Crippen molar-refractivity contribution in [2.45, 2.75) is 49.0 Å². The summed E-state index contributed by atoms with van der Waals surface area (Å²) in [6, 6.07) is 7.56. The van der Waals surface area contributed by atoms with Gasteiger partial charge in [-0.25, -0.2) is 14.6 Å². The zero-order chi connectivity index (χ0) is 29.2. The first-order chi connectivity index (χ1) is 19.0. The van der Waals surface area contributed by atoms with Crippen molar-refractivity contribution in [1.82, 2.24) is 19.5 Å². The van der Waals surface area contributed by atoms with Crippen LogP contribution in [0, 0.1) is 12.3 Å². The number of aliphatic hydroxyl groups excluding tert-OH is 2. The first-order valence-electron chi connectivity index (χ1n) is 11.9. The number of nitrogens with zero attached hydrogens (tertiary/aromatic N) is 4. The molecule has 40 heavy (non-hydrogen) atoms. The first kappa shape index (κ1) is 29.2. The fraction of sp³-hybridized carbons (Fsp3) is 0.400. The number of terminal acetylenes is 1. The standard InChI is InChI=1S/C25H26ClN5O9/c1-3-24(38)15(11-39-25(21(34)35,22(36)37)9-14-7-5-4-6-8-14)40-20(17(24)33)31-12-27-16-18(28-13(2)10-32)29-23(26)30-19(16)31/h1,4-8,12-13,15,17,20,32-33,38H,9-11H2,2H3,(H,34,35)(H,36,37)(H,28,29,30)/t13?,15-,17+,20-,24-/m1/s1. The van der Waals surface area contributed by atoms with E-state index in [4.69, 9.17) is 27.5 Å². The Morgan fingerprint density at radius 2 is 1.98 bits per heavy atom. The van der Waals surface area contributed by atoms with Gasteiger partial charge in [-0.05, 0) is 24.1 Å². The van der Waals surface area contributed by atoms with E-state index in [-0.39, 0.29) is 28.9 Å². The zero-order valence-corrected chi connectivity index (χ0v) is 21.8. The summed E-state index contributed by atoms with van der Waals surface area (Å²) in [7, 11) is 0. The SMILES string of the molecule is C#C[C@@]1(O)[C@@H](COC(Cc2ccccc2)(C(=O)O)C(=O)O)O[C@@H](n2cnc3c(NC(C)CO)nc(Cl)nc32)[C@@H]1O. The van der Waals surface area contributed by atoms with Crippen LogP contribution < -0.4 is 5.32 Å². The molecule has 0 aliphatic carbocycles. The average Bonchev–Trinajstić information content (AvgIpc) is 3.45. The number of aromatic nitrogens is 4. The molecule has 6 N–H and O–H groups in total. The van der Waals surface area contributed by atoms with E-state index in [1.165, 1.54) is 23.0 Å². The van der Waals surface area contributed by atoms with Gasteiger partial charge in [0.15, 0.2) is 28.8 Å². The number of hydrogen-bond donors (Lipinski definition) is 6. The van der Waals surface area contributed by atoms with Crippen LogP contribution in [-0.4, -0.2) is 99.7 Å². The lowest BCUT2D eigenvalue weighted by molar-refractivity contribution is -0.191. The molecule has 2 aromatic heterocycles. The maximum absolute atomic E-state index is 12.2. The van der Waals surface area contributed by atoms with E-state index < -0.39 is 60.6 Å². The van der Waals surface area contributed by atoms with Crippen LogP contribution in [0.15, 0.2) is 36.7 Å². The summed E-state index contributed by atoms with van der Waals surface area (Å²) in [6.07, 6.45) is 1.41. The van der Waals surface area contributed by atoms with Crippen LogP contribution in [0.3, 0.4) is 0 Å². The van der Waals surface area contributed by atoms with Crippen LogP contribution in [0.1, 0.15) is 18.7 Å². The van der Waals surface area contributed by atoms with Gasteiger partial charge in [-0.3, -0.25) is 4.57 Å². The third-order valence-electron chi connectivity index (χ3n) is 6.54. The minimum atomic E-state index is -2.75.